The Bertz CT molecular complexity index is 402. The third-order valence-corrected chi connectivity index (χ3v) is 4.84. The third-order valence-electron chi connectivity index (χ3n) is 4.10. The van der Waals surface area contributed by atoms with Gasteiger partial charge in [0.15, 0.2) is 0 Å². The Labute approximate surface area is 124 Å². The van der Waals surface area contributed by atoms with E-state index in [-0.39, 0.29) is 0 Å². The van der Waals surface area contributed by atoms with Crippen molar-refractivity contribution < 1.29 is 5.11 Å². The highest BCUT2D eigenvalue weighted by atomic mass is 79.9. The maximum Gasteiger partial charge on any atom is 0.0434 e. The van der Waals surface area contributed by atoms with Crippen molar-refractivity contribution in [3.63, 3.8) is 0 Å². The van der Waals surface area contributed by atoms with Crippen LogP contribution in [-0.4, -0.2) is 18.3 Å². The van der Waals surface area contributed by atoms with Crippen molar-refractivity contribution in [2.75, 3.05) is 13.2 Å². The van der Waals surface area contributed by atoms with E-state index in [1.54, 1.807) is 0 Å². The Morgan fingerprint density at radius 3 is 3.00 bits per heavy atom. The van der Waals surface area contributed by atoms with Crippen LogP contribution in [0.25, 0.3) is 0 Å². The molecule has 19 heavy (non-hydrogen) atoms. The second kappa shape index (κ2) is 7.41. The molecule has 1 aliphatic carbocycles. The van der Waals surface area contributed by atoms with Crippen molar-refractivity contribution >= 4 is 15.9 Å². The molecule has 2 unspecified atom stereocenters. The van der Waals surface area contributed by atoms with E-state index in [0.29, 0.717) is 18.6 Å². The van der Waals surface area contributed by atoms with Crippen LogP contribution < -0.4 is 5.32 Å². The lowest BCUT2D eigenvalue weighted by Gasteiger charge is -2.20. The average molecular weight is 326 g/mol. The third kappa shape index (κ3) is 3.80. The zero-order valence-electron chi connectivity index (χ0n) is 11.7. The van der Waals surface area contributed by atoms with Gasteiger partial charge in [-0.15, -0.1) is 0 Å². The van der Waals surface area contributed by atoms with Crippen molar-refractivity contribution in [3.05, 3.63) is 33.8 Å². The Hall–Kier alpha value is -0.380. The van der Waals surface area contributed by atoms with Crippen LogP contribution in [0.3, 0.4) is 0 Å². The molecule has 1 aliphatic rings. The summed E-state index contributed by atoms with van der Waals surface area (Å²) in [7, 11) is 0. The molecule has 0 saturated heterocycles. The number of benzene rings is 1. The van der Waals surface area contributed by atoms with Gasteiger partial charge in [-0.25, -0.2) is 0 Å². The summed E-state index contributed by atoms with van der Waals surface area (Å²) in [4.78, 5) is 0. The number of hydrogen-bond acceptors (Lipinski definition) is 2. The Kier molecular flexibility index (Phi) is 5.86. The molecule has 106 valence electrons. The molecule has 3 heteroatoms. The molecule has 0 spiro atoms. The predicted octanol–water partition coefficient (Wildman–Crippen LogP) is 3.82. The van der Waals surface area contributed by atoms with Gasteiger partial charge < -0.3 is 10.4 Å². The summed E-state index contributed by atoms with van der Waals surface area (Å²) < 4.78 is 1.25. The number of rotatable bonds is 7. The number of nitrogens with one attached hydrogen (secondary N) is 1. The molecule has 0 bridgehead atoms. The van der Waals surface area contributed by atoms with Crippen molar-refractivity contribution in [1.82, 2.24) is 5.32 Å². The normalized spacial score (nSPS) is 19.4. The summed E-state index contributed by atoms with van der Waals surface area (Å²) in [5.74, 6) is 0.603. The Balaban J connectivity index is 1.93. The number of aliphatic hydroxyl groups is 1. The molecule has 0 fully saturated rings. The van der Waals surface area contributed by atoms with Gasteiger partial charge in [-0.05, 0) is 55.3 Å². The molecule has 1 aromatic rings. The summed E-state index contributed by atoms with van der Waals surface area (Å²) in [6, 6.07) is 6.99. The lowest BCUT2D eigenvalue weighted by molar-refractivity contribution is 0.245. The van der Waals surface area contributed by atoms with Crippen LogP contribution in [0.1, 0.15) is 49.8 Å². The van der Waals surface area contributed by atoms with Crippen LogP contribution in [0.4, 0.5) is 0 Å². The molecule has 0 radical (unpaired) electrons. The predicted molar refractivity (Wildman–Crippen MR) is 83.3 cm³/mol. The second-order valence-electron chi connectivity index (χ2n) is 5.47. The zero-order chi connectivity index (χ0) is 13.7. The fourth-order valence-electron chi connectivity index (χ4n) is 3.07. The van der Waals surface area contributed by atoms with Gasteiger partial charge in [0.1, 0.15) is 0 Å². The standard InChI is InChI=1S/C16H24BrNO/c1-2-4-12(9-10-19)11-18-16-8-7-13-14(16)5-3-6-15(13)17/h3,5-6,12,16,18-19H,2,4,7-11H2,1H3. The summed E-state index contributed by atoms with van der Waals surface area (Å²) in [6.07, 6.45) is 5.66. The Morgan fingerprint density at radius 2 is 2.26 bits per heavy atom. The van der Waals surface area contributed by atoms with E-state index in [9.17, 15) is 0 Å². The van der Waals surface area contributed by atoms with Crippen molar-refractivity contribution in [2.45, 2.75) is 45.1 Å². The number of hydrogen-bond donors (Lipinski definition) is 2. The van der Waals surface area contributed by atoms with Gasteiger partial charge in [-0.1, -0.05) is 41.4 Å². The molecule has 0 aliphatic heterocycles. The lowest BCUT2D eigenvalue weighted by Crippen LogP contribution is -2.26. The summed E-state index contributed by atoms with van der Waals surface area (Å²) in [6.45, 7) is 3.54. The summed E-state index contributed by atoms with van der Waals surface area (Å²) in [5.41, 5.74) is 2.92. The molecular formula is C16H24BrNO. The number of fused-ring (bicyclic) bond motifs is 1. The van der Waals surface area contributed by atoms with Gasteiger partial charge in [-0.2, -0.15) is 0 Å². The van der Waals surface area contributed by atoms with Gasteiger partial charge >= 0.3 is 0 Å². The Morgan fingerprint density at radius 1 is 1.42 bits per heavy atom. The van der Waals surface area contributed by atoms with Crippen LogP contribution in [0.15, 0.2) is 22.7 Å². The van der Waals surface area contributed by atoms with Crippen molar-refractivity contribution in [3.8, 4) is 0 Å². The molecule has 2 nitrogen and oxygen atoms in total. The van der Waals surface area contributed by atoms with Gasteiger partial charge in [0.05, 0.1) is 0 Å². The van der Waals surface area contributed by atoms with Crippen molar-refractivity contribution in [1.29, 1.82) is 0 Å². The van der Waals surface area contributed by atoms with Crippen molar-refractivity contribution in [2.24, 2.45) is 5.92 Å². The topological polar surface area (TPSA) is 32.3 Å². The summed E-state index contributed by atoms with van der Waals surface area (Å²) >= 11 is 3.64. The average Bonchev–Trinajstić information content (AvgIpc) is 2.81. The minimum Gasteiger partial charge on any atom is -0.396 e. The maximum atomic E-state index is 9.12. The minimum absolute atomic E-state index is 0.305. The van der Waals surface area contributed by atoms with Crippen LogP contribution >= 0.6 is 15.9 Å². The molecule has 0 heterocycles. The van der Waals surface area contributed by atoms with Gasteiger partial charge in [0.2, 0.25) is 0 Å². The lowest BCUT2D eigenvalue weighted by atomic mass is 9.99. The first-order valence-corrected chi connectivity index (χ1v) is 8.17. The quantitative estimate of drug-likeness (QED) is 0.798. The number of aliphatic hydroxyl groups excluding tert-OH is 1. The largest absolute Gasteiger partial charge is 0.396 e. The molecule has 2 N–H and O–H groups in total. The van der Waals surface area contributed by atoms with Crippen LogP contribution in [0.2, 0.25) is 0 Å². The molecule has 0 saturated carbocycles. The highest BCUT2D eigenvalue weighted by molar-refractivity contribution is 9.10. The smallest absolute Gasteiger partial charge is 0.0434 e. The molecular weight excluding hydrogens is 302 g/mol. The van der Waals surface area contributed by atoms with E-state index in [1.165, 1.54) is 34.9 Å². The van der Waals surface area contributed by atoms with Gasteiger partial charge in [0.25, 0.3) is 0 Å². The fourth-order valence-corrected chi connectivity index (χ4v) is 3.65. The molecule has 2 atom stereocenters. The van der Waals surface area contributed by atoms with E-state index in [1.807, 2.05) is 0 Å². The van der Waals surface area contributed by atoms with Crippen LogP contribution in [-0.2, 0) is 6.42 Å². The maximum absolute atomic E-state index is 9.12. The van der Waals surface area contributed by atoms with Crippen LogP contribution in [0.5, 0.6) is 0 Å². The van der Waals surface area contributed by atoms with Gasteiger partial charge in [0, 0.05) is 17.1 Å². The first kappa shape index (κ1) is 15.0. The number of halogens is 1. The molecule has 0 amide bonds. The first-order chi connectivity index (χ1) is 9.26. The minimum atomic E-state index is 0.305. The van der Waals surface area contributed by atoms with E-state index < -0.39 is 0 Å². The monoisotopic (exact) mass is 325 g/mol. The zero-order valence-corrected chi connectivity index (χ0v) is 13.2. The van der Waals surface area contributed by atoms with Gasteiger partial charge in [-0.3, -0.25) is 0 Å². The van der Waals surface area contributed by atoms with E-state index in [2.05, 4.69) is 46.4 Å². The van der Waals surface area contributed by atoms with E-state index >= 15 is 0 Å². The highest BCUT2D eigenvalue weighted by Gasteiger charge is 2.24. The van der Waals surface area contributed by atoms with E-state index in [4.69, 9.17) is 5.11 Å². The first-order valence-electron chi connectivity index (χ1n) is 7.37. The van der Waals surface area contributed by atoms with Crippen LogP contribution in [0, 0.1) is 5.92 Å². The molecule has 0 aromatic heterocycles. The fraction of sp³-hybridized carbons (Fsp3) is 0.625. The second-order valence-corrected chi connectivity index (χ2v) is 6.33. The highest BCUT2D eigenvalue weighted by Crippen LogP contribution is 2.35. The van der Waals surface area contributed by atoms with E-state index in [0.717, 1.165) is 19.4 Å². The summed E-state index contributed by atoms with van der Waals surface area (Å²) in [5, 5.41) is 12.8. The SMILES string of the molecule is CCCC(CCO)CNC1CCc2c(Br)cccc21. The molecule has 2 rings (SSSR count). The molecule has 1 aromatic carbocycles.